The molecule has 0 saturated carbocycles. The van der Waals surface area contributed by atoms with Gasteiger partial charge in [0.05, 0.1) is 16.3 Å². The molecule has 0 radical (unpaired) electrons. The number of nitrogens with zero attached hydrogens (tertiary/aromatic N) is 2. The van der Waals surface area contributed by atoms with Crippen molar-refractivity contribution in [1.29, 1.82) is 0 Å². The molecule has 0 atom stereocenters. The van der Waals surface area contributed by atoms with E-state index in [1.807, 2.05) is 11.4 Å². The van der Waals surface area contributed by atoms with Gasteiger partial charge in [-0.25, -0.2) is 17.9 Å². The molecule has 0 saturated heterocycles. The molecular weight excluding hydrogens is 392 g/mol. The highest BCUT2D eigenvalue weighted by Crippen LogP contribution is 2.21. The van der Waals surface area contributed by atoms with Crippen LogP contribution in [0.25, 0.3) is 10.8 Å². The standard InChI is InChI=1S/C16H16N4O5S2/c1-17-27(23,24)12-6-4-11(5-7-12)18-14(21)8-9-20-16(22)25-15(19-20)13-3-2-10-26-13/h2-7,10,17H,8-9H2,1H3,(H,18,21). The summed E-state index contributed by atoms with van der Waals surface area (Å²) in [5.74, 6) is -0.753. The average molecular weight is 408 g/mol. The Kier molecular flexibility index (Phi) is 5.54. The normalized spacial score (nSPS) is 11.4. The van der Waals surface area contributed by atoms with Crippen molar-refractivity contribution < 1.29 is 17.6 Å². The van der Waals surface area contributed by atoms with Crippen LogP contribution in [-0.2, 0) is 21.4 Å². The molecule has 11 heteroatoms. The van der Waals surface area contributed by atoms with Crippen LogP contribution >= 0.6 is 11.3 Å². The molecule has 3 aromatic rings. The highest BCUT2D eigenvalue weighted by Gasteiger charge is 2.13. The van der Waals surface area contributed by atoms with Gasteiger partial charge in [-0.05, 0) is 42.8 Å². The molecule has 0 bridgehead atoms. The van der Waals surface area contributed by atoms with E-state index in [2.05, 4.69) is 15.1 Å². The van der Waals surface area contributed by atoms with Gasteiger partial charge in [0, 0.05) is 12.1 Å². The minimum absolute atomic E-state index is 0.00683. The molecule has 0 aliphatic carbocycles. The number of sulfonamides is 1. The smallest absolute Gasteiger partial charge is 0.387 e. The van der Waals surface area contributed by atoms with Gasteiger partial charge in [0.2, 0.25) is 15.9 Å². The first-order valence-corrected chi connectivity index (χ1v) is 10.2. The minimum Gasteiger partial charge on any atom is -0.387 e. The van der Waals surface area contributed by atoms with Crippen LogP contribution < -0.4 is 15.8 Å². The maximum atomic E-state index is 12.1. The molecule has 1 amide bonds. The van der Waals surface area contributed by atoms with Crippen molar-refractivity contribution in [3.05, 3.63) is 52.3 Å². The number of hydrogen-bond donors (Lipinski definition) is 2. The molecular formula is C16H16N4O5S2. The summed E-state index contributed by atoms with van der Waals surface area (Å²) in [5, 5.41) is 8.55. The van der Waals surface area contributed by atoms with Crippen molar-refractivity contribution in [2.75, 3.05) is 12.4 Å². The molecule has 9 nitrogen and oxygen atoms in total. The first kappa shape index (κ1) is 19.0. The van der Waals surface area contributed by atoms with E-state index in [1.165, 1.54) is 42.6 Å². The zero-order valence-corrected chi connectivity index (χ0v) is 15.8. The van der Waals surface area contributed by atoms with Gasteiger partial charge in [-0.1, -0.05) is 6.07 Å². The Morgan fingerprint density at radius 1 is 1.26 bits per heavy atom. The second-order valence-corrected chi connectivity index (χ2v) is 8.24. The van der Waals surface area contributed by atoms with E-state index in [4.69, 9.17) is 4.42 Å². The van der Waals surface area contributed by atoms with Crippen molar-refractivity contribution in [2.45, 2.75) is 17.9 Å². The predicted octanol–water partition coefficient (Wildman–Crippen LogP) is 1.50. The van der Waals surface area contributed by atoms with Gasteiger partial charge in [0.15, 0.2) is 0 Å². The molecule has 2 N–H and O–H groups in total. The third kappa shape index (κ3) is 4.51. The molecule has 27 heavy (non-hydrogen) atoms. The lowest BCUT2D eigenvalue weighted by Crippen LogP contribution is -2.21. The number of rotatable bonds is 7. The third-order valence-corrected chi connectivity index (χ3v) is 5.89. The van der Waals surface area contributed by atoms with Crippen LogP contribution in [0.4, 0.5) is 5.69 Å². The van der Waals surface area contributed by atoms with E-state index in [0.29, 0.717) is 5.69 Å². The molecule has 2 aromatic heterocycles. The molecule has 2 heterocycles. The summed E-state index contributed by atoms with van der Waals surface area (Å²) in [6.45, 7) is 0.0613. The fourth-order valence-corrected chi connectivity index (χ4v) is 3.59. The topological polar surface area (TPSA) is 123 Å². The van der Waals surface area contributed by atoms with E-state index < -0.39 is 15.8 Å². The number of aryl methyl sites for hydroxylation is 1. The average Bonchev–Trinajstić information content (AvgIpc) is 3.30. The van der Waals surface area contributed by atoms with Gasteiger partial charge < -0.3 is 9.73 Å². The fourth-order valence-electron chi connectivity index (χ4n) is 2.21. The number of anilines is 1. The number of thiophene rings is 1. The van der Waals surface area contributed by atoms with Crippen LogP contribution in [0.3, 0.4) is 0 Å². The van der Waals surface area contributed by atoms with Crippen molar-refractivity contribution in [1.82, 2.24) is 14.5 Å². The number of nitrogens with one attached hydrogen (secondary N) is 2. The van der Waals surface area contributed by atoms with E-state index in [9.17, 15) is 18.0 Å². The lowest BCUT2D eigenvalue weighted by atomic mass is 10.3. The van der Waals surface area contributed by atoms with Crippen molar-refractivity contribution in [2.24, 2.45) is 0 Å². The third-order valence-electron chi connectivity index (χ3n) is 3.61. The van der Waals surface area contributed by atoms with Crippen LogP contribution in [0.15, 0.2) is 55.9 Å². The van der Waals surface area contributed by atoms with Gasteiger partial charge in [-0.3, -0.25) is 4.79 Å². The second-order valence-electron chi connectivity index (χ2n) is 5.40. The quantitative estimate of drug-likeness (QED) is 0.611. The molecule has 0 spiro atoms. The summed E-state index contributed by atoms with van der Waals surface area (Å²) in [4.78, 5) is 24.7. The lowest BCUT2D eigenvalue weighted by Gasteiger charge is -2.06. The molecule has 0 unspecified atom stereocenters. The Morgan fingerprint density at radius 3 is 2.63 bits per heavy atom. The number of aromatic nitrogens is 2. The molecule has 0 fully saturated rings. The summed E-state index contributed by atoms with van der Waals surface area (Å²) in [7, 11) is -2.21. The highest BCUT2D eigenvalue weighted by atomic mass is 32.2. The zero-order valence-electron chi connectivity index (χ0n) is 14.2. The number of amides is 1. The maximum absolute atomic E-state index is 12.1. The van der Waals surface area contributed by atoms with Gasteiger partial charge >= 0.3 is 5.76 Å². The summed E-state index contributed by atoms with van der Waals surface area (Å²) < 4.78 is 31.7. The number of carbonyl (C=O) groups excluding carboxylic acids is 1. The van der Waals surface area contributed by atoms with Gasteiger partial charge in [-0.2, -0.15) is 4.68 Å². The SMILES string of the molecule is CNS(=O)(=O)c1ccc(NC(=O)CCn2nc(-c3cccs3)oc2=O)cc1. The van der Waals surface area contributed by atoms with Gasteiger partial charge in [-0.15, -0.1) is 16.4 Å². The Morgan fingerprint density at radius 2 is 2.00 bits per heavy atom. The molecule has 0 aliphatic heterocycles. The van der Waals surface area contributed by atoms with Crippen molar-refractivity contribution in [3.63, 3.8) is 0 Å². The number of carbonyl (C=O) groups is 1. The van der Waals surface area contributed by atoms with E-state index >= 15 is 0 Å². The Labute approximate surface area is 158 Å². The van der Waals surface area contributed by atoms with Crippen LogP contribution in [0.1, 0.15) is 6.42 Å². The zero-order chi connectivity index (χ0) is 19.4. The largest absolute Gasteiger partial charge is 0.437 e. The summed E-state index contributed by atoms with van der Waals surface area (Å²) >= 11 is 1.39. The molecule has 0 aliphatic rings. The first-order valence-electron chi connectivity index (χ1n) is 7.84. The Balaban J connectivity index is 1.60. The van der Waals surface area contributed by atoms with Crippen molar-refractivity contribution >= 4 is 33.0 Å². The minimum atomic E-state index is -3.53. The van der Waals surface area contributed by atoms with E-state index in [1.54, 1.807) is 6.07 Å². The molecule has 3 rings (SSSR count). The van der Waals surface area contributed by atoms with Crippen LogP contribution in [-0.4, -0.2) is 31.2 Å². The predicted molar refractivity (Wildman–Crippen MR) is 100 cm³/mol. The number of hydrogen-bond acceptors (Lipinski definition) is 7. The summed E-state index contributed by atoms with van der Waals surface area (Å²) in [6, 6.07) is 9.34. The monoisotopic (exact) mass is 408 g/mol. The Hall–Kier alpha value is -2.76. The fraction of sp³-hybridized carbons (Fsp3) is 0.188. The van der Waals surface area contributed by atoms with Crippen LogP contribution in [0.5, 0.6) is 0 Å². The second kappa shape index (κ2) is 7.86. The highest BCUT2D eigenvalue weighted by molar-refractivity contribution is 7.89. The summed E-state index contributed by atoms with van der Waals surface area (Å²) in [5.41, 5.74) is 0.446. The van der Waals surface area contributed by atoms with E-state index in [-0.39, 0.29) is 29.7 Å². The first-order chi connectivity index (χ1) is 12.9. The van der Waals surface area contributed by atoms with E-state index in [0.717, 1.165) is 9.56 Å². The molecule has 1 aromatic carbocycles. The van der Waals surface area contributed by atoms with Crippen molar-refractivity contribution in [3.8, 4) is 10.8 Å². The maximum Gasteiger partial charge on any atom is 0.437 e. The molecule has 142 valence electrons. The van der Waals surface area contributed by atoms with Gasteiger partial charge in [0.1, 0.15) is 0 Å². The van der Waals surface area contributed by atoms with Crippen LogP contribution in [0, 0.1) is 0 Å². The number of benzene rings is 1. The van der Waals surface area contributed by atoms with Gasteiger partial charge in [0.25, 0.3) is 5.89 Å². The Bertz CT molecular complexity index is 1080. The summed E-state index contributed by atoms with van der Waals surface area (Å²) in [6.07, 6.45) is 0.00683. The van der Waals surface area contributed by atoms with Crippen LogP contribution in [0.2, 0.25) is 0 Å². The lowest BCUT2D eigenvalue weighted by molar-refractivity contribution is -0.116.